The minimum absolute atomic E-state index is 0.0360. The summed E-state index contributed by atoms with van der Waals surface area (Å²) in [5.41, 5.74) is 2.17. The highest BCUT2D eigenvalue weighted by Crippen LogP contribution is 2.42. The lowest BCUT2D eigenvalue weighted by Gasteiger charge is -2.19. The number of rotatable bonds is 1. The molecule has 2 rings (SSSR count). The molecule has 2 nitrogen and oxygen atoms in total. The van der Waals surface area contributed by atoms with E-state index in [-0.39, 0.29) is 11.2 Å². The molecule has 0 atom stereocenters. The third-order valence-corrected chi connectivity index (χ3v) is 3.17. The predicted molar refractivity (Wildman–Crippen MR) is 59.5 cm³/mol. The Kier molecular flexibility index (Phi) is 1.97. The van der Waals surface area contributed by atoms with E-state index in [1.54, 1.807) is 13.2 Å². The van der Waals surface area contributed by atoms with Crippen molar-refractivity contribution in [1.82, 2.24) is 0 Å². The smallest absolute Gasteiger partial charge is 0.189 e. The molecule has 0 aromatic heterocycles. The average molecular weight is 202 g/mol. The molecule has 0 bridgehead atoms. The third kappa shape index (κ3) is 1.21. The highest BCUT2D eigenvalue weighted by Gasteiger charge is 2.39. The Balaban J connectivity index is 2.66. The number of carbonyl (C=O) groups excluding carboxylic acids is 1. The van der Waals surface area contributed by atoms with E-state index < -0.39 is 0 Å². The van der Waals surface area contributed by atoms with Crippen molar-refractivity contribution in [1.29, 1.82) is 0 Å². The second-order valence-electron chi connectivity index (χ2n) is 4.34. The zero-order valence-electron chi connectivity index (χ0n) is 9.26. The fourth-order valence-electron chi connectivity index (χ4n) is 1.99. The van der Waals surface area contributed by atoms with Gasteiger partial charge in [0.1, 0.15) is 5.75 Å². The number of allylic oxidation sites excluding steroid dienone is 1. The molecule has 0 radical (unpaired) electrons. The summed E-state index contributed by atoms with van der Waals surface area (Å²) in [4.78, 5) is 11.9. The lowest BCUT2D eigenvalue weighted by molar-refractivity contribution is 0.103. The molecule has 1 aliphatic rings. The van der Waals surface area contributed by atoms with Crippen LogP contribution in [0, 0.1) is 0 Å². The first kappa shape index (κ1) is 9.97. The lowest BCUT2D eigenvalue weighted by atomic mass is 9.83. The molecule has 0 spiro atoms. The molecule has 0 saturated carbocycles. The number of ether oxygens (including phenoxy) is 1. The van der Waals surface area contributed by atoms with Crippen molar-refractivity contribution >= 4 is 5.78 Å². The molecule has 0 fully saturated rings. The summed E-state index contributed by atoms with van der Waals surface area (Å²) >= 11 is 0. The van der Waals surface area contributed by atoms with Crippen molar-refractivity contribution in [2.75, 3.05) is 7.11 Å². The van der Waals surface area contributed by atoms with Crippen LogP contribution in [0.2, 0.25) is 0 Å². The molecule has 1 aromatic rings. The van der Waals surface area contributed by atoms with Crippen molar-refractivity contribution < 1.29 is 9.53 Å². The number of hydrogen-bond acceptors (Lipinski definition) is 2. The zero-order chi connectivity index (χ0) is 11.2. The van der Waals surface area contributed by atoms with Gasteiger partial charge in [0.25, 0.3) is 0 Å². The Morgan fingerprint density at radius 2 is 2.00 bits per heavy atom. The minimum atomic E-state index is -0.251. The first-order valence-electron chi connectivity index (χ1n) is 4.91. The van der Waals surface area contributed by atoms with Crippen LogP contribution in [0.3, 0.4) is 0 Å². The number of hydrogen-bond donors (Lipinski definition) is 0. The second kappa shape index (κ2) is 2.96. The molecule has 2 heteroatoms. The Morgan fingerprint density at radius 3 is 2.60 bits per heavy atom. The maximum atomic E-state index is 11.9. The average Bonchev–Trinajstić information content (AvgIpc) is 2.40. The summed E-state index contributed by atoms with van der Waals surface area (Å²) in [6, 6.07) is 5.62. The van der Waals surface area contributed by atoms with E-state index in [4.69, 9.17) is 4.74 Å². The monoisotopic (exact) mass is 202 g/mol. The van der Waals surface area contributed by atoms with Gasteiger partial charge in [0.2, 0.25) is 0 Å². The number of fused-ring (bicyclic) bond motifs is 1. The van der Waals surface area contributed by atoms with Crippen molar-refractivity contribution in [3.05, 3.63) is 41.5 Å². The Labute approximate surface area is 89.6 Å². The molecule has 1 aromatic carbocycles. The van der Waals surface area contributed by atoms with Crippen molar-refractivity contribution in [2.45, 2.75) is 19.3 Å². The van der Waals surface area contributed by atoms with Crippen LogP contribution >= 0.6 is 0 Å². The summed E-state index contributed by atoms with van der Waals surface area (Å²) in [5, 5.41) is 0. The number of ketones is 1. The second-order valence-corrected chi connectivity index (χ2v) is 4.34. The Morgan fingerprint density at radius 1 is 1.33 bits per heavy atom. The fraction of sp³-hybridized carbons (Fsp3) is 0.308. The number of carbonyl (C=O) groups is 1. The van der Waals surface area contributed by atoms with Gasteiger partial charge in [-0.2, -0.15) is 0 Å². The van der Waals surface area contributed by atoms with Crippen LogP contribution in [0.4, 0.5) is 0 Å². The quantitative estimate of drug-likeness (QED) is 0.654. The zero-order valence-corrected chi connectivity index (χ0v) is 9.26. The maximum Gasteiger partial charge on any atom is 0.189 e. The SMILES string of the molecule is C=C1C(=O)c2cc(OC)ccc2C1(C)C. The van der Waals surface area contributed by atoms with E-state index in [0.717, 1.165) is 11.1 Å². The van der Waals surface area contributed by atoms with Crippen molar-refractivity contribution in [2.24, 2.45) is 0 Å². The van der Waals surface area contributed by atoms with Crippen LogP contribution in [-0.4, -0.2) is 12.9 Å². The summed E-state index contributed by atoms with van der Waals surface area (Å²) in [5.74, 6) is 0.751. The largest absolute Gasteiger partial charge is 0.497 e. The van der Waals surface area contributed by atoms with Gasteiger partial charge in [-0.15, -0.1) is 0 Å². The van der Waals surface area contributed by atoms with E-state index in [1.807, 2.05) is 26.0 Å². The van der Waals surface area contributed by atoms with Gasteiger partial charge < -0.3 is 4.74 Å². The van der Waals surface area contributed by atoms with Crippen LogP contribution < -0.4 is 4.74 Å². The van der Waals surface area contributed by atoms with Gasteiger partial charge in [-0.05, 0) is 17.7 Å². The molecule has 0 amide bonds. The van der Waals surface area contributed by atoms with E-state index in [2.05, 4.69) is 6.58 Å². The van der Waals surface area contributed by atoms with Crippen LogP contribution in [0.25, 0.3) is 0 Å². The molecular weight excluding hydrogens is 188 g/mol. The number of Topliss-reactive ketones (excluding diaryl/α,β-unsaturated/α-hetero) is 1. The van der Waals surface area contributed by atoms with E-state index in [9.17, 15) is 4.79 Å². The standard InChI is InChI=1S/C13H14O2/c1-8-12(14)10-7-9(15-4)5-6-11(10)13(8,2)3/h5-7H,1H2,2-4H3. The molecule has 0 unspecified atom stereocenters. The predicted octanol–water partition coefficient (Wildman–Crippen LogP) is 2.73. The minimum Gasteiger partial charge on any atom is -0.497 e. The fourth-order valence-corrected chi connectivity index (χ4v) is 1.99. The van der Waals surface area contributed by atoms with Crippen molar-refractivity contribution in [3.8, 4) is 5.75 Å². The normalized spacial score (nSPS) is 17.8. The van der Waals surface area contributed by atoms with Gasteiger partial charge >= 0.3 is 0 Å². The van der Waals surface area contributed by atoms with Gasteiger partial charge in [0.05, 0.1) is 7.11 Å². The lowest BCUT2D eigenvalue weighted by Crippen LogP contribution is -2.15. The van der Waals surface area contributed by atoms with Gasteiger partial charge in [-0.1, -0.05) is 26.5 Å². The van der Waals surface area contributed by atoms with Gasteiger partial charge in [-0.3, -0.25) is 4.79 Å². The Hall–Kier alpha value is -1.57. The molecular formula is C13H14O2. The molecule has 0 aliphatic heterocycles. The molecule has 0 N–H and O–H groups in total. The first-order chi connectivity index (χ1) is 6.98. The molecule has 0 heterocycles. The topological polar surface area (TPSA) is 26.3 Å². The number of methoxy groups -OCH3 is 1. The highest BCUT2D eigenvalue weighted by atomic mass is 16.5. The summed E-state index contributed by atoms with van der Waals surface area (Å²) < 4.78 is 5.11. The van der Waals surface area contributed by atoms with Gasteiger partial charge in [-0.25, -0.2) is 0 Å². The maximum absolute atomic E-state index is 11.9. The molecule has 15 heavy (non-hydrogen) atoms. The Bertz CT molecular complexity index is 456. The summed E-state index contributed by atoms with van der Waals surface area (Å²) in [6.45, 7) is 7.91. The molecule has 78 valence electrons. The van der Waals surface area contributed by atoms with E-state index >= 15 is 0 Å². The van der Waals surface area contributed by atoms with Gasteiger partial charge in [0, 0.05) is 16.6 Å². The van der Waals surface area contributed by atoms with E-state index in [0.29, 0.717) is 11.3 Å². The summed E-state index contributed by atoms with van der Waals surface area (Å²) in [7, 11) is 1.60. The summed E-state index contributed by atoms with van der Waals surface area (Å²) in [6.07, 6.45) is 0. The van der Waals surface area contributed by atoms with Crippen LogP contribution in [0.15, 0.2) is 30.4 Å². The third-order valence-electron chi connectivity index (χ3n) is 3.17. The highest BCUT2D eigenvalue weighted by molar-refractivity contribution is 6.15. The molecule has 1 aliphatic carbocycles. The van der Waals surface area contributed by atoms with Crippen LogP contribution in [-0.2, 0) is 5.41 Å². The van der Waals surface area contributed by atoms with Gasteiger partial charge in [0.15, 0.2) is 5.78 Å². The first-order valence-corrected chi connectivity index (χ1v) is 4.91. The number of benzene rings is 1. The van der Waals surface area contributed by atoms with Crippen LogP contribution in [0.1, 0.15) is 29.8 Å². The van der Waals surface area contributed by atoms with Crippen molar-refractivity contribution in [3.63, 3.8) is 0 Å². The van der Waals surface area contributed by atoms with E-state index in [1.165, 1.54) is 0 Å². The van der Waals surface area contributed by atoms with Crippen LogP contribution in [0.5, 0.6) is 5.75 Å². The molecule has 0 saturated heterocycles.